The van der Waals surface area contributed by atoms with E-state index in [-0.39, 0.29) is 16.7 Å². The summed E-state index contributed by atoms with van der Waals surface area (Å²) in [6.45, 7) is 16.5. The van der Waals surface area contributed by atoms with Crippen molar-refractivity contribution in [2.75, 3.05) is 9.80 Å². The SMILES string of the molecule is Cc1cc(N(c2ccc3c(c2)C(C)(C)c2ccccc2-3)c2ccc3c(c2)c2ccccc2n3-c2ccccc2)ccc1C(C)c1ccc(N(c2ccc3c(c2)C(C)(C)c2ccccc2-3)c2ccc3c(c2)c2ccccc2n3-c2ccccc2)cc1C. The molecule has 4 heteroatoms. The van der Waals surface area contributed by atoms with E-state index in [1.54, 1.807) is 0 Å². The van der Waals surface area contributed by atoms with Crippen molar-refractivity contribution in [3.05, 3.63) is 311 Å². The number of nitrogens with zero attached hydrogens (tertiary/aromatic N) is 4. The van der Waals surface area contributed by atoms with Crippen LogP contribution < -0.4 is 9.80 Å². The molecule has 16 rings (SSSR count). The van der Waals surface area contributed by atoms with Crippen LogP contribution in [0.2, 0.25) is 0 Å². The third-order valence-electron chi connectivity index (χ3n) is 19.5. The zero-order chi connectivity index (χ0) is 58.2. The Labute approximate surface area is 504 Å². The Morgan fingerprint density at radius 2 is 0.616 bits per heavy atom. The third-order valence-corrected chi connectivity index (χ3v) is 19.5. The molecule has 86 heavy (non-hydrogen) atoms. The first-order chi connectivity index (χ1) is 41.9. The van der Waals surface area contributed by atoms with Crippen LogP contribution in [-0.4, -0.2) is 9.13 Å². The van der Waals surface area contributed by atoms with Gasteiger partial charge in [0.05, 0.1) is 22.1 Å². The van der Waals surface area contributed by atoms with E-state index in [4.69, 9.17) is 0 Å². The summed E-state index contributed by atoms with van der Waals surface area (Å²) in [5.74, 6) is 0.125. The van der Waals surface area contributed by atoms with Crippen molar-refractivity contribution >= 4 is 77.7 Å². The molecule has 0 radical (unpaired) electrons. The summed E-state index contributed by atoms with van der Waals surface area (Å²) in [4.78, 5) is 4.97. The quantitative estimate of drug-likeness (QED) is 0.136. The monoisotopic (exact) mass is 1110 g/mol. The molecule has 414 valence electrons. The van der Waals surface area contributed by atoms with Crippen molar-refractivity contribution in [1.82, 2.24) is 9.13 Å². The summed E-state index contributed by atoms with van der Waals surface area (Å²) in [7, 11) is 0. The summed E-state index contributed by atoms with van der Waals surface area (Å²) >= 11 is 0. The van der Waals surface area contributed by atoms with Crippen molar-refractivity contribution in [2.45, 2.75) is 65.2 Å². The first-order valence-electron chi connectivity index (χ1n) is 30.4. The normalized spacial score (nSPS) is 13.6. The van der Waals surface area contributed by atoms with Gasteiger partial charge in [0.15, 0.2) is 0 Å². The fourth-order valence-corrected chi connectivity index (χ4v) is 15.2. The second kappa shape index (κ2) is 19.5. The summed E-state index contributed by atoms with van der Waals surface area (Å²) in [6.07, 6.45) is 0. The Balaban J connectivity index is 0.802. The van der Waals surface area contributed by atoms with Crippen molar-refractivity contribution in [1.29, 1.82) is 0 Å². The molecule has 0 amide bonds. The number of hydrogen-bond donors (Lipinski definition) is 0. The van der Waals surface area contributed by atoms with Crippen LogP contribution in [0.15, 0.2) is 267 Å². The van der Waals surface area contributed by atoms with E-state index in [1.165, 1.54) is 110 Å². The Bertz CT molecular complexity index is 4740. The van der Waals surface area contributed by atoms with Gasteiger partial charge >= 0.3 is 0 Å². The van der Waals surface area contributed by atoms with Gasteiger partial charge in [0.2, 0.25) is 0 Å². The third kappa shape index (κ3) is 7.82. The van der Waals surface area contributed by atoms with Crippen LogP contribution in [-0.2, 0) is 10.8 Å². The molecule has 2 aromatic heterocycles. The van der Waals surface area contributed by atoms with E-state index in [9.17, 15) is 0 Å². The molecule has 2 aliphatic rings. The zero-order valence-corrected chi connectivity index (χ0v) is 49.8. The lowest BCUT2D eigenvalue weighted by Gasteiger charge is -2.30. The number of rotatable bonds is 10. The molecule has 0 unspecified atom stereocenters. The van der Waals surface area contributed by atoms with Gasteiger partial charge in [-0.05, 0) is 202 Å². The maximum absolute atomic E-state index is 2.49. The molecule has 2 heterocycles. The molecular weight excluding hydrogens is 1040 g/mol. The minimum Gasteiger partial charge on any atom is -0.310 e. The molecule has 12 aromatic carbocycles. The lowest BCUT2D eigenvalue weighted by Crippen LogP contribution is -2.17. The van der Waals surface area contributed by atoms with Gasteiger partial charge < -0.3 is 18.9 Å². The number of aromatic nitrogens is 2. The largest absolute Gasteiger partial charge is 0.310 e. The van der Waals surface area contributed by atoms with Gasteiger partial charge in [0.25, 0.3) is 0 Å². The first-order valence-corrected chi connectivity index (χ1v) is 30.4. The second-order valence-electron chi connectivity index (χ2n) is 25.1. The molecule has 0 atom stereocenters. The predicted octanol–water partition coefficient (Wildman–Crippen LogP) is 22.2. The standard InChI is InChI=1S/C82H66N4/c1-52-46-57(83(61-36-42-67-65-26-14-18-30-73(65)81(4,5)75(67)50-61)59-38-44-79-71(48-59)69-28-16-20-32-77(69)85(79)55-22-10-8-11-23-55)34-40-63(52)54(3)64-41-35-58(47-53(64)2)84(62-37-43-68-66-27-15-19-31-74(66)82(6,7)76(68)51-62)60-39-45-80-72(49-60)70-29-17-21-33-78(70)86(80)56-24-12-9-13-25-56/h8-51,54H,1-7H3. The Morgan fingerprint density at radius 3 is 1.05 bits per heavy atom. The van der Waals surface area contributed by atoms with Crippen LogP contribution in [0, 0.1) is 13.8 Å². The van der Waals surface area contributed by atoms with Crippen molar-refractivity contribution in [2.24, 2.45) is 0 Å². The molecule has 0 N–H and O–H groups in total. The average molecular weight is 1110 g/mol. The van der Waals surface area contributed by atoms with E-state index in [2.05, 4.69) is 334 Å². The molecule has 0 aliphatic heterocycles. The van der Waals surface area contributed by atoms with Gasteiger partial charge in [-0.2, -0.15) is 0 Å². The highest BCUT2D eigenvalue weighted by Crippen LogP contribution is 2.53. The van der Waals surface area contributed by atoms with E-state index < -0.39 is 0 Å². The predicted molar refractivity (Wildman–Crippen MR) is 363 cm³/mol. The summed E-state index contributed by atoms with van der Waals surface area (Å²) in [5.41, 5.74) is 29.4. The first kappa shape index (κ1) is 51.5. The van der Waals surface area contributed by atoms with Crippen molar-refractivity contribution in [3.8, 4) is 33.6 Å². The van der Waals surface area contributed by atoms with Crippen LogP contribution in [0.3, 0.4) is 0 Å². The molecule has 0 spiro atoms. The van der Waals surface area contributed by atoms with Gasteiger partial charge in [-0.1, -0.05) is 180 Å². The van der Waals surface area contributed by atoms with Gasteiger partial charge in [0.1, 0.15) is 0 Å². The topological polar surface area (TPSA) is 16.3 Å². The highest BCUT2D eigenvalue weighted by molar-refractivity contribution is 6.12. The Kier molecular flexibility index (Phi) is 11.6. The maximum atomic E-state index is 2.49. The number of aryl methyl sites for hydroxylation is 2. The lowest BCUT2D eigenvalue weighted by atomic mass is 9.82. The molecule has 0 fully saturated rings. The van der Waals surface area contributed by atoms with E-state index in [1.807, 2.05) is 0 Å². The van der Waals surface area contributed by atoms with Crippen LogP contribution in [0.25, 0.3) is 77.2 Å². The number of anilines is 6. The molecule has 4 nitrogen and oxygen atoms in total. The highest BCUT2D eigenvalue weighted by Gasteiger charge is 2.37. The number of para-hydroxylation sites is 4. The van der Waals surface area contributed by atoms with Gasteiger partial charge in [-0.3, -0.25) is 0 Å². The van der Waals surface area contributed by atoms with E-state index >= 15 is 0 Å². The van der Waals surface area contributed by atoms with Crippen LogP contribution >= 0.6 is 0 Å². The smallest absolute Gasteiger partial charge is 0.0542 e. The number of hydrogen-bond acceptors (Lipinski definition) is 2. The molecular formula is C82H66N4. The zero-order valence-electron chi connectivity index (χ0n) is 49.8. The van der Waals surface area contributed by atoms with Gasteiger partial charge in [-0.15, -0.1) is 0 Å². The van der Waals surface area contributed by atoms with Crippen LogP contribution in [0.1, 0.15) is 85.0 Å². The molecule has 0 bridgehead atoms. The number of fused-ring (bicyclic) bond motifs is 12. The van der Waals surface area contributed by atoms with Gasteiger partial charge in [-0.25, -0.2) is 0 Å². The van der Waals surface area contributed by atoms with E-state index in [0.29, 0.717) is 0 Å². The Hall–Kier alpha value is -10.2. The molecule has 0 saturated heterocycles. The highest BCUT2D eigenvalue weighted by atomic mass is 15.2. The molecule has 14 aromatic rings. The van der Waals surface area contributed by atoms with Crippen LogP contribution in [0.5, 0.6) is 0 Å². The average Bonchev–Trinajstić information content (AvgIpc) is 1.86. The lowest BCUT2D eigenvalue weighted by molar-refractivity contribution is 0.660. The number of benzene rings is 12. The summed E-state index contributed by atoms with van der Waals surface area (Å²) in [6, 6.07) is 99.7. The van der Waals surface area contributed by atoms with E-state index in [0.717, 1.165) is 45.5 Å². The van der Waals surface area contributed by atoms with Crippen molar-refractivity contribution < 1.29 is 0 Å². The van der Waals surface area contributed by atoms with Crippen LogP contribution in [0.4, 0.5) is 34.1 Å². The fourth-order valence-electron chi connectivity index (χ4n) is 15.2. The second-order valence-corrected chi connectivity index (χ2v) is 25.1. The fraction of sp³-hybridized carbons (Fsp3) is 0.122. The summed E-state index contributed by atoms with van der Waals surface area (Å²) < 4.78 is 4.80. The van der Waals surface area contributed by atoms with Gasteiger partial charge in [0, 0.05) is 83.8 Å². The summed E-state index contributed by atoms with van der Waals surface area (Å²) in [5, 5.41) is 4.92. The Morgan fingerprint density at radius 1 is 0.291 bits per heavy atom. The maximum Gasteiger partial charge on any atom is 0.0542 e. The molecule has 2 aliphatic carbocycles. The minimum absolute atomic E-state index is 0.125. The minimum atomic E-state index is -0.150. The van der Waals surface area contributed by atoms with Crippen molar-refractivity contribution in [3.63, 3.8) is 0 Å². The molecule has 0 saturated carbocycles.